The van der Waals surface area contributed by atoms with Gasteiger partial charge in [-0.1, -0.05) is 12.8 Å². The van der Waals surface area contributed by atoms with Crippen molar-refractivity contribution < 1.29 is 38.8 Å². The van der Waals surface area contributed by atoms with Crippen LogP contribution in [0.5, 0.6) is 6.01 Å². The van der Waals surface area contributed by atoms with Crippen LogP contribution < -0.4 is 10.1 Å². The number of ether oxygens (including phenoxy) is 3. The van der Waals surface area contributed by atoms with Crippen LogP contribution in [0.25, 0.3) is 11.0 Å². The summed E-state index contributed by atoms with van der Waals surface area (Å²) < 4.78 is 28.5. The molecule has 1 aliphatic heterocycles. The third-order valence-corrected chi connectivity index (χ3v) is 6.10. The summed E-state index contributed by atoms with van der Waals surface area (Å²) in [5, 5.41) is 25.1. The number of rotatable bonds is 8. The molecule has 4 rings (SSSR count). The van der Waals surface area contributed by atoms with Crippen LogP contribution in [0.4, 0.5) is 5.82 Å². The molecule has 0 spiro atoms. The molecule has 12 nitrogen and oxygen atoms in total. The number of aliphatic hydroxyl groups is 2. The van der Waals surface area contributed by atoms with Crippen LogP contribution in [0.1, 0.15) is 31.9 Å². The van der Waals surface area contributed by atoms with Crippen molar-refractivity contribution in [1.29, 1.82) is 0 Å². The quantitative estimate of drug-likeness (QED) is 0.351. The molecule has 172 valence electrons. The summed E-state index contributed by atoms with van der Waals surface area (Å²) in [5.74, 6) is 0.627. The van der Waals surface area contributed by atoms with Crippen molar-refractivity contribution in [2.75, 3.05) is 25.4 Å². The Morgan fingerprint density at radius 2 is 2.00 bits per heavy atom. The molecular formula is C18H27N4O8P. The molecule has 0 aromatic carbocycles. The van der Waals surface area contributed by atoms with Gasteiger partial charge in [-0.05, 0) is 18.9 Å². The minimum Gasteiger partial charge on any atom is -0.467 e. The van der Waals surface area contributed by atoms with E-state index in [1.165, 1.54) is 7.11 Å². The van der Waals surface area contributed by atoms with Crippen LogP contribution in [0.2, 0.25) is 0 Å². The van der Waals surface area contributed by atoms with Crippen molar-refractivity contribution in [3.8, 4) is 6.01 Å². The van der Waals surface area contributed by atoms with Gasteiger partial charge in [-0.25, -0.2) is 0 Å². The lowest BCUT2D eigenvalue weighted by Gasteiger charge is -2.18. The Kier molecular flexibility index (Phi) is 6.50. The van der Waals surface area contributed by atoms with Gasteiger partial charge < -0.3 is 44.1 Å². The average Bonchev–Trinajstić information content (AvgIpc) is 3.43. The molecule has 0 amide bonds. The second-order valence-electron chi connectivity index (χ2n) is 7.86. The van der Waals surface area contributed by atoms with Crippen LogP contribution in [0.3, 0.4) is 0 Å². The molecule has 3 heterocycles. The van der Waals surface area contributed by atoms with Gasteiger partial charge in [0, 0.05) is 12.2 Å². The van der Waals surface area contributed by atoms with E-state index in [9.17, 15) is 14.8 Å². The van der Waals surface area contributed by atoms with E-state index in [2.05, 4.69) is 15.3 Å². The van der Waals surface area contributed by atoms with Crippen molar-refractivity contribution in [3.05, 3.63) is 12.3 Å². The number of aliphatic hydroxyl groups excluding tert-OH is 2. The summed E-state index contributed by atoms with van der Waals surface area (Å²) in [6.07, 6.45) is 0.767. The first-order valence-corrected chi connectivity index (χ1v) is 11.9. The van der Waals surface area contributed by atoms with Crippen LogP contribution in [0.15, 0.2) is 12.3 Å². The largest absolute Gasteiger partial charge is 0.467 e. The van der Waals surface area contributed by atoms with Gasteiger partial charge in [-0.3, -0.25) is 4.57 Å². The fourth-order valence-electron chi connectivity index (χ4n) is 4.07. The molecule has 2 fully saturated rings. The lowest BCUT2D eigenvalue weighted by molar-refractivity contribution is -0.0611. The zero-order chi connectivity index (χ0) is 22.2. The van der Waals surface area contributed by atoms with Crippen molar-refractivity contribution in [3.63, 3.8) is 0 Å². The van der Waals surface area contributed by atoms with E-state index in [-0.39, 0.29) is 12.6 Å². The molecule has 5 N–H and O–H groups in total. The van der Waals surface area contributed by atoms with E-state index in [1.54, 1.807) is 16.8 Å². The number of hydrogen-bond acceptors (Lipinski definition) is 9. The van der Waals surface area contributed by atoms with E-state index < -0.39 is 38.5 Å². The maximum absolute atomic E-state index is 10.9. The van der Waals surface area contributed by atoms with Gasteiger partial charge in [-0.15, -0.1) is 0 Å². The van der Waals surface area contributed by atoms with Gasteiger partial charge in [-0.2, -0.15) is 9.97 Å². The Labute approximate surface area is 178 Å². The highest BCUT2D eigenvalue weighted by Gasteiger charge is 2.44. The van der Waals surface area contributed by atoms with Crippen molar-refractivity contribution in [2.45, 2.75) is 56.3 Å². The third-order valence-electron chi connectivity index (χ3n) is 5.58. The molecule has 1 saturated carbocycles. The van der Waals surface area contributed by atoms with Crippen LogP contribution in [0, 0.1) is 0 Å². The number of hydrogen-bond donors (Lipinski definition) is 5. The lowest BCUT2D eigenvalue weighted by Crippen LogP contribution is -2.33. The standard InChI is InChI=1S/C18H27N4O8P/c1-28-18-20-15(19-10-4-2-3-5-10)11-6-7-22(16(11)21-18)17-14(24)13(23)12(30-17)8-29-9-31(25,26)27/h6-7,10,12-14,17,23-24H,2-5,8-9H2,1H3,(H,19,20,21)(H2,25,26,27)/t12-,13-,14-,17-/m1/s1. The van der Waals surface area contributed by atoms with Crippen LogP contribution >= 0.6 is 7.60 Å². The summed E-state index contributed by atoms with van der Waals surface area (Å²) in [7, 11) is -2.88. The van der Waals surface area contributed by atoms with E-state index in [4.69, 9.17) is 24.0 Å². The molecule has 2 aromatic rings. The van der Waals surface area contributed by atoms with Gasteiger partial charge in [0.1, 0.15) is 30.5 Å². The number of nitrogens with zero attached hydrogens (tertiary/aromatic N) is 3. The number of anilines is 1. The van der Waals surface area contributed by atoms with Crippen molar-refractivity contribution in [1.82, 2.24) is 14.5 Å². The van der Waals surface area contributed by atoms with Crippen LogP contribution in [-0.4, -0.2) is 79.0 Å². The minimum absolute atomic E-state index is 0.155. The smallest absolute Gasteiger partial charge is 0.350 e. The monoisotopic (exact) mass is 458 g/mol. The summed E-state index contributed by atoms with van der Waals surface area (Å²) in [4.78, 5) is 26.6. The van der Waals surface area contributed by atoms with E-state index in [0.29, 0.717) is 17.5 Å². The fraction of sp³-hybridized carbons (Fsp3) is 0.667. The van der Waals surface area contributed by atoms with E-state index in [0.717, 1.165) is 31.1 Å². The third kappa shape index (κ3) is 4.85. The first kappa shape index (κ1) is 22.4. The molecule has 2 aromatic heterocycles. The maximum atomic E-state index is 10.9. The fourth-order valence-corrected chi connectivity index (χ4v) is 4.41. The Morgan fingerprint density at radius 3 is 2.68 bits per heavy atom. The van der Waals surface area contributed by atoms with Gasteiger partial charge in [0.05, 0.1) is 19.1 Å². The molecular weight excluding hydrogens is 431 g/mol. The summed E-state index contributed by atoms with van der Waals surface area (Å²) >= 11 is 0. The second-order valence-corrected chi connectivity index (χ2v) is 9.44. The molecule has 2 aliphatic rings. The second kappa shape index (κ2) is 8.99. The summed E-state index contributed by atoms with van der Waals surface area (Å²) in [6.45, 7) is -0.286. The molecule has 0 unspecified atom stereocenters. The topological polar surface area (TPSA) is 168 Å². The molecule has 1 saturated heterocycles. The van der Waals surface area contributed by atoms with Gasteiger partial charge in [0.15, 0.2) is 11.9 Å². The Morgan fingerprint density at radius 1 is 1.26 bits per heavy atom. The van der Waals surface area contributed by atoms with Gasteiger partial charge in [0.25, 0.3) is 0 Å². The number of methoxy groups -OCH3 is 1. The lowest BCUT2D eigenvalue weighted by atomic mass is 10.1. The molecule has 1 aliphatic carbocycles. The summed E-state index contributed by atoms with van der Waals surface area (Å²) in [6, 6.07) is 2.27. The normalized spacial score (nSPS) is 27.3. The highest BCUT2D eigenvalue weighted by molar-refractivity contribution is 7.51. The number of aromatic nitrogens is 3. The number of fused-ring (bicyclic) bond motifs is 1. The van der Waals surface area contributed by atoms with Gasteiger partial charge in [0.2, 0.25) is 0 Å². The number of nitrogens with one attached hydrogen (secondary N) is 1. The first-order chi connectivity index (χ1) is 14.8. The molecule has 0 bridgehead atoms. The molecule has 4 atom stereocenters. The summed E-state index contributed by atoms with van der Waals surface area (Å²) in [5.41, 5.74) is 0.459. The average molecular weight is 458 g/mol. The predicted octanol–water partition coefficient (Wildman–Crippen LogP) is 0.565. The predicted molar refractivity (Wildman–Crippen MR) is 109 cm³/mol. The molecule has 31 heavy (non-hydrogen) atoms. The Hall–Kier alpha value is -1.79. The van der Waals surface area contributed by atoms with Gasteiger partial charge >= 0.3 is 13.6 Å². The SMILES string of the molecule is COc1nc(NC2CCCC2)c2ccn([C@@H]3O[C@H](COCP(=O)(O)O)[C@@H](O)[C@H]3O)c2n1. The van der Waals surface area contributed by atoms with Crippen molar-refractivity contribution >= 4 is 24.4 Å². The molecule has 0 radical (unpaired) electrons. The minimum atomic E-state index is -4.35. The zero-order valence-electron chi connectivity index (χ0n) is 17.0. The van der Waals surface area contributed by atoms with E-state index in [1.807, 2.05) is 0 Å². The van der Waals surface area contributed by atoms with E-state index >= 15 is 0 Å². The van der Waals surface area contributed by atoms with Crippen LogP contribution in [-0.2, 0) is 14.0 Å². The first-order valence-electron chi connectivity index (χ1n) is 10.1. The highest BCUT2D eigenvalue weighted by atomic mass is 31.2. The maximum Gasteiger partial charge on any atom is 0.350 e. The Balaban J connectivity index is 1.58. The Bertz CT molecular complexity index is 959. The highest BCUT2D eigenvalue weighted by Crippen LogP contribution is 2.37. The van der Waals surface area contributed by atoms with Crippen molar-refractivity contribution in [2.24, 2.45) is 0 Å². The zero-order valence-corrected chi connectivity index (χ0v) is 17.9. The molecule has 13 heteroatoms.